The summed E-state index contributed by atoms with van der Waals surface area (Å²) in [5.74, 6) is 0.441. The Kier molecular flexibility index (Phi) is 5.50. The van der Waals surface area contributed by atoms with Crippen LogP contribution in [0.25, 0.3) is 0 Å². The number of amides is 3. The molecule has 24 heavy (non-hydrogen) atoms. The Morgan fingerprint density at radius 3 is 2.00 bits per heavy atom. The van der Waals surface area contributed by atoms with E-state index in [9.17, 15) is 9.59 Å². The van der Waals surface area contributed by atoms with Gasteiger partial charge in [-0.2, -0.15) is 0 Å². The molecule has 8 nitrogen and oxygen atoms in total. The third kappa shape index (κ3) is 4.36. The lowest BCUT2D eigenvalue weighted by Crippen LogP contribution is -2.43. The maximum absolute atomic E-state index is 12.1. The van der Waals surface area contributed by atoms with Crippen molar-refractivity contribution >= 4 is 17.8 Å². The molecule has 2 aliphatic heterocycles. The number of anilines is 1. The zero-order valence-corrected chi connectivity index (χ0v) is 13.4. The van der Waals surface area contributed by atoms with Gasteiger partial charge in [-0.05, 0) is 24.3 Å². The largest absolute Gasteiger partial charge is 0.415 e. The molecule has 2 fully saturated rings. The van der Waals surface area contributed by atoms with E-state index in [1.807, 2.05) is 0 Å². The van der Waals surface area contributed by atoms with E-state index in [4.69, 9.17) is 14.2 Å². The van der Waals surface area contributed by atoms with Crippen LogP contribution in [0.15, 0.2) is 24.3 Å². The molecule has 3 amide bonds. The van der Waals surface area contributed by atoms with Gasteiger partial charge in [0.2, 0.25) is 0 Å². The van der Waals surface area contributed by atoms with Crippen LogP contribution in [0.1, 0.15) is 0 Å². The summed E-state index contributed by atoms with van der Waals surface area (Å²) in [5, 5.41) is 2.82. The third-order valence-corrected chi connectivity index (χ3v) is 3.88. The van der Waals surface area contributed by atoms with Gasteiger partial charge in [0.05, 0.1) is 26.4 Å². The standard InChI is InChI=1S/C16H21N3O5/c20-15(18-5-9-22-10-6-18)17-13-1-3-14(4-2-13)24-16(21)19-7-11-23-12-8-19/h1-4H,5-12H2,(H,17,20). The maximum Gasteiger partial charge on any atom is 0.415 e. The molecule has 3 rings (SSSR count). The molecule has 0 atom stereocenters. The molecule has 1 aromatic carbocycles. The third-order valence-electron chi connectivity index (χ3n) is 3.88. The first-order valence-corrected chi connectivity index (χ1v) is 8.00. The first-order chi connectivity index (χ1) is 11.7. The summed E-state index contributed by atoms with van der Waals surface area (Å²) >= 11 is 0. The van der Waals surface area contributed by atoms with Gasteiger partial charge in [0.15, 0.2) is 0 Å². The number of carbonyl (C=O) groups is 2. The van der Waals surface area contributed by atoms with Crippen molar-refractivity contribution in [1.29, 1.82) is 0 Å². The zero-order valence-electron chi connectivity index (χ0n) is 13.4. The van der Waals surface area contributed by atoms with Crippen molar-refractivity contribution in [2.45, 2.75) is 0 Å². The van der Waals surface area contributed by atoms with E-state index in [0.717, 1.165) is 0 Å². The Balaban J connectivity index is 1.51. The monoisotopic (exact) mass is 335 g/mol. The summed E-state index contributed by atoms with van der Waals surface area (Å²) in [5.41, 5.74) is 0.651. The molecule has 2 saturated heterocycles. The lowest BCUT2D eigenvalue weighted by molar-refractivity contribution is 0.0416. The first kappa shape index (κ1) is 16.5. The van der Waals surface area contributed by atoms with Gasteiger partial charge in [-0.3, -0.25) is 0 Å². The Bertz CT molecular complexity index is 515. The average Bonchev–Trinajstić information content (AvgIpc) is 2.65. The SMILES string of the molecule is O=C(Nc1ccc(OC(=O)N2CCOCC2)cc1)N1CCOCC1. The van der Waals surface area contributed by atoms with Gasteiger partial charge < -0.3 is 29.3 Å². The normalized spacial score (nSPS) is 18.2. The van der Waals surface area contributed by atoms with Crippen LogP contribution in [0.3, 0.4) is 0 Å². The van der Waals surface area contributed by atoms with E-state index in [1.165, 1.54) is 0 Å². The van der Waals surface area contributed by atoms with Crippen molar-refractivity contribution in [3.05, 3.63) is 24.3 Å². The molecule has 0 aromatic heterocycles. The zero-order chi connectivity index (χ0) is 16.8. The number of nitrogens with one attached hydrogen (secondary N) is 1. The van der Waals surface area contributed by atoms with Crippen LogP contribution in [0, 0.1) is 0 Å². The summed E-state index contributed by atoms with van der Waals surface area (Å²) in [6, 6.07) is 6.58. The van der Waals surface area contributed by atoms with E-state index in [0.29, 0.717) is 64.0 Å². The number of urea groups is 1. The number of nitrogens with zero attached hydrogens (tertiary/aromatic N) is 2. The molecular weight excluding hydrogens is 314 g/mol. The lowest BCUT2D eigenvalue weighted by atomic mass is 10.3. The molecular formula is C16H21N3O5. The van der Waals surface area contributed by atoms with Crippen LogP contribution in [0.5, 0.6) is 5.75 Å². The van der Waals surface area contributed by atoms with Crippen molar-refractivity contribution in [3.8, 4) is 5.75 Å². The van der Waals surface area contributed by atoms with E-state index >= 15 is 0 Å². The maximum atomic E-state index is 12.1. The Morgan fingerprint density at radius 2 is 1.42 bits per heavy atom. The summed E-state index contributed by atoms with van der Waals surface area (Å²) in [4.78, 5) is 27.4. The molecule has 0 spiro atoms. The van der Waals surface area contributed by atoms with Crippen LogP contribution in [-0.4, -0.2) is 74.5 Å². The average molecular weight is 335 g/mol. The minimum Gasteiger partial charge on any atom is -0.410 e. The van der Waals surface area contributed by atoms with Crippen LogP contribution >= 0.6 is 0 Å². The van der Waals surface area contributed by atoms with Gasteiger partial charge in [-0.1, -0.05) is 0 Å². The fourth-order valence-corrected chi connectivity index (χ4v) is 2.49. The van der Waals surface area contributed by atoms with Crippen molar-refractivity contribution in [2.24, 2.45) is 0 Å². The van der Waals surface area contributed by atoms with Crippen LogP contribution in [-0.2, 0) is 9.47 Å². The van der Waals surface area contributed by atoms with Crippen molar-refractivity contribution in [3.63, 3.8) is 0 Å². The van der Waals surface area contributed by atoms with Crippen LogP contribution in [0.2, 0.25) is 0 Å². The summed E-state index contributed by atoms with van der Waals surface area (Å²) in [6.07, 6.45) is -0.386. The predicted molar refractivity (Wildman–Crippen MR) is 86.3 cm³/mol. The van der Waals surface area contributed by atoms with Crippen LogP contribution < -0.4 is 10.1 Å². The highest BCUT2D eigenvalue weighted by Crippen LogP contribution is 2.17. The molecule has 0 radical (unpaired) electrons. The number of rotatable bonds is 2. The molecule has 8 heteroatoms. The Morgan fingerprint density at radius 1 is 0.875 bits per heavy atom. The van der Waals surface area contributed by atoms with Gasteiger partial charge >= 0.3 is 12.1 Å². The van der Waals surface area contributed by atoms with Gasteiger partial charge in [-0.25, -0.2) is 9.59 Å². The molecule has 0 unspecified atom stereocenters. The number of morpholine rings is 2. The quantitative estimate of drug-likeness (QED) is 0.883. The van der Waals surface area contributed by atoms with Crippen molar-refractivity contribution in [1.82, 2.24) is 9.80 Å². The molecule has 130 valence electrons. The van der Waals surface area contributed by atoms with E-state index in [2.05, 4.69) is 5.32 Å². The lowest BCUT2D eigenvalue weighted by Gasteiger charge is -2.27. The second kappa shape index (κ2) is 7.98. The van der Waals surface area contributed by atoms with Gasteiger partial charge in [0.25, 0.3) is 0 Å². The minimum absolute atomic E-state index is 0.156. The van der Waals surface area contributed by atoms with Crippen molar-refractivity contribution in [2.75, 3.05) is 57.9 Å². The molecule has 2 aliphatic rings. The number of hydrogen-bond acceptors (Lipinski definition) is 5. The minimum atomic E-state index is -0.386. The smallest absolute Gasteiger partial charge is 0.410 e. The van der Waals surface area contributed by atoms with Gasteiger partial charge in [-0.15, -0.1) is 0 Å². The molecule has 0 saturated carbocycles. The van der Waals surface area contributed by atoms with E-state index in [1.54, 1.807) is 34.1 Å². The summed E-state index contributed by atoms with van der Waals surface area (Å²) in [6.45, 7) is 4.41. The van der Waals surface area contributed by atoms with E-state index in [-0.39, 0.29) is 12.1 Å². The predicted octanol–water partition coefficient (Wildman–Crippen LogP) is 1.38. The Labute approximate surface area is 140 Å². The molecule has 1 N–H and O–H groups in total. The van der Waals surface area contributed by atoms with Gasteiger partial charge in [0, 0.05) is 31.9 Å². The topological polar surface area (TPSA) is 80.3 Å². The van der Waals surface area contributed by atoms with Gasteiger partial charge in [0.1, 0.15) is 5.75 Å². The second-order valence-corrected chi connectivity index (χ2v) is 5.52. The molecule has 0 bridgehead atoms. The highest BCUT2D eigenvalue weighted by Gasteiger charge is 2.19. The number of benzene rings is 1. The molecule has 2 heterocycles. The highest BCUT2D eigenvalue weighted by atomic mass is 16.6. The van der Waals surface area contributed by atoms with Crippen LogP contribution in [0.4, 0.5) is 15.3 Å². The molecule has 0 aliphatic carbocycles. The fraction of sp³-hybridized carbons (Fsp3) is 0.500. The first-order valence-electron chi connectivity index (χ1n) is 8.00. The second-order valence-electron chi connectivity index (χ2n) is 5.52. The summed E-state index contributed by atoms with van der Waals surface area (Å²) < 4.78 is 15.7. The number of carbonyl (C=O) groups excluding carboxylic acids is 2. The fourth-order valence-electron chi connectivity index (χ4n) is 2.49. The Hall–Kier alpha value is -2.32. The molecule has 1 aromatic rings. The summed E-state index contributed by atoms with van der Waals surface area (Å²) in [7, 11) is 0. The highest BCUT2D eigenvalue weighted by molar-refractivity contribution is 5.89. The number of hydrogen-bond donors (Lipinski definition) is 1. The van der Waals surface area contributed by atoms with Crippen molar-refractivity contribution < 1.29 is 23.8 Å². The number of ether oxygens (including phenoxy) is 3. The van der Waals surface area contributed by atoms with E-state index < -0.39 is 0 Å².